The van der Waals surface area contributed by atoms with Crippen LogP contribution >= 0.6 is 0 Å². The molecule has 3 rings (SSSR count). The minimum Gasteiger partial charge on any atom is -0.462 e. The van der Waals surface area contributed by atoms with E-state index >= 15 is 0 Å². The maximum absolute atomic E-state index is 12.3. The second-order valence-electron chi connectivity index (χ2n) is 5.70. The van der Waals surface area contributed by atoms with Crippen LogP contribution in [0.2, 0.25) is 0 Å². The van der Waals surface area contributed by atoms with Crippen molar-refractivity contribution in [1.29, 1.82) is 0 Å². The number of carbonyl (C=O) groups excluding carboxylic acids is 1. The van der Waals surface area contributed by atoms with Gasteiger partial charge in [0.05, 0.1) is 12.2 Å². The van der Waals surface area contributed by atoms with Gasteiger partial charge in [-0.3, -0.25) is 0 Å². The molecule has 0 saturated carbocycles. The molecule has 5 nitrogen and oxygen atoms in total. The van der Waals surface area contributed by atoms with Gasteiger partial charge in [0.2, 0.25) is 0 Å². The lowest BCUT2D eigenvalue weighted by molar-refractivity contribution is 0.0527. The van der Waals surface area contributed by atoms with Crippen molar-refractivity contribution in [1.82, 2.24) is 0 Å². The fourth-order valence-corrected chi connectivity index (χ4v) is 2.88. The summed E-state index contributed by atoms with van der Waals surface area (Å²) in [5.41, 5.74) is 3.95. The molecular formula is C22H18O5. The number of carbonyl (C=O) groups is 2. The molecular weight excluding hydrogens is 344 g/mol. The second kappa shape index (κ2) is 8.19. The molecule has 0 saturated heterocycles. The Hall–Kier alpha value is -3.60. The Morgan fingerprint density at radius 2 is 1.41 bits per heavy atom. The van der Waals surface area contributed by atoms with E-state index < -0.39 is 6.16 Å². The highest BCUT2D eigenvalue weighted by Gasteiger charge is 2.16. The lowest BCUT2D eigenvalue weighted by Gasteiger charge is -2.14. The fraction of sp³-hybridized carbons (Fsp3) is 0.0909. The third-order valence-electron chi connectivity index (χ3n) is 4.01. The summed E-state index contributed by atoms with van der Waals surface area (Å²) in [5.74, 6) is -0.122. The van der Waals surface area contributed by atoms with Crippen LogP contribution in [0.3, 0.4) is 0 Å². The van der Waals surface area contributed by atoms with Gasteiger partial charge in [0.15, 0.2) is 0 Å². The topological polar surface area (TPSA) is 72.8 Å². The predicted molar refractivity (Wildman–Crippen MR) is 102 cm³/mol. The van der Waals surface area contributed by atoms with Gasteiger partial charge in [-0.2, -0.15) is 0 Å². The van der Waals surface area contributed by atoms with Crippen LogP contribution in [0.25, 0.3) is 22.3 Å². The first-order valence-electron chi connectivity index (χ1n) is 8.47. The quantitative estimate of drug-likeness (QED) is 0.495. The highest BCUT2D eigenvalue weighted by Crippen LogP contribution is 2.34. The molecule has 136 valence electrons. The van der Waals surface area contributed by atoms with Crippen LogP contribution in [0.1, 0.15) is 17.3 Å². The van der Waals surface area contributed by atoms with E-state index in [0.29, 0.717) is 12.2 Å². The van der Waals surface area contributed by atoms with Gasteiger partial charge in [0.1, 0.15) is 5.75 Å². The molecule has 0 aromatic heterocycles. The summed E-state index contributed by atoms with van der Waals surface area (Å²) < 4.78 is 9.83. The van der Waals surface area contributed by atoms with Crippen molar-refractivity contribution in [2.75, 3.05) is 6.61 Å². The molecule has 0 aliphatic carbocycles. The van der Waals surface area contributed by atoms with Crippen molar-refractivity contribution >= 4 is 12.1 Å². The van der Waals surface area contributed by atoms with Gasteiger partial charge in [-0.25, -0.2) is 9.59 Å². The Morgan fingerprint density at radius 3 is 2.04 bits per heavy atom. The van der Waals surface area contributed by atoms with E-state index in [1.807, 2.05) is 36.4 Å². The largest absolute Gasteiger partial charge is 0.511 e. The zero-order valence-corrected chi connectivity index (χ0v) is 14.7. The summed E-state index contributed by atoms with van der Waals surface area (Å²) in [6.07, 6.45) is -1.36. The van der Waals surface area contributed by atoms with Crippen molar-refractivity contribution in [2.24, 2.45) is 0 Å². The van der Waals surface area contributed by atoms with E-state index in [4.69, 9.17) is 9.84 Å². The molecule has 5 heteroatoms. The van der Waals surface area contributed by atoms with Gasteiger partial charge in [0.25, 0.3) is 0 Å². The minimum atomic E-state index is -1.36. The molecule has 3 aromatic rings. The first-order valence-corrected chi connectivity index (χ1v) is 8.47. The van der Waals surface area contributed by atoms with E-state index in [2.05, 4.69) is 4.74 Å². The van der Waals surface area contributed by atoms with E-state index in [-0.39, 0.29) is 11.7 Å². The van der Waals surface area contributed by atoms with Crippen molar-refractivity contribution in [2.45, 2.75) is 6.92 Å². The molecule has 0 radical (unpaired) electrons. The SMILES string of the molecule is CCOC(=O)c1ccccc1-c1ccccc1-c1ccc(OC(=O)O)cc1. The van der Waals surface area contributed by atoms with E-state index in [1.54, 1.807) is 43.3 Å². The van der Waals surface area contributed by atoms with Gasteiger partial charge in [-0.15, -0.1) is 0 Å². The van der Waals surface area contributed by atoms with Crippen LogP contribution in [0.5, 0.6) is 5.75 Å². The van der Waals surface area contributed by atoms with Crippen LogP contribution in [0.15, 0.2) is 72.8 Å². The van der Waals surface area contributed by atoms with Gasteiger partial charge < -0.3 is 14.6 Å². The molecule has 0 fully saturated rings. The van der Waals surface area contributed by atoms with Crippen LogP contribution in [-0.4, -0.2) is 23.8 Å². The average Bonchev–Trinajstić information content (AvgIpc) is 2.68. The summed E-state index contributed by atoms with van der Waals surface area (Å²) in [6, 6.07) is 21.8. The molecule has 0 spiro atoms. The predicted octanol–water partition coefficient (Wildman–Crippen LogP) is 5.25. The first kappa shape index (κ1) is 18.2. The van der Waals surface area contributed by atoms with Gasteiger partial charge in [-0.1, -0.05) is 54.6 Å². The summed E-state index contributed by atoms with van der Waals surface area (Å²) in [5, 5.41) is 8.71. The minimum absolute atomic E-state index is 0.246. The number of hydrogen-bond acceptors (Lipinski definition) is 4. The van der Waals surface area contributed by atoms with Crippen LogP contribution in [0.4, 0.5) is 4.79 Å². The fourth-order valence-electron chi connectivity index (χ4n) is 2.88. The zero-order valence-electron chi connectivity index (χ0n) is 14.7. The molecule has 0 heterocycles. The van der Waals surface area contributed by atoms with Crippen LogP contribution < -0.4 is 4.74 Å². The Balaban J connectivity index is 2.06. The number of rotatable bonds is 5. The Kier molecular flexibility index (Phi) is 5.52. The summed E-state index contributed by atoms with van der Waals surface area (Å²) in [6.45, 7) is 2.08. The highest BCUT2D eigenvalue weighted by molar-refractivity contribution is 5.99. The molecule has 0 unspecified atom stereocenters. The molecule has 0 amide bonds. The Morgan fingerprint density at radius 1 is 0.815 bits per heavy atom. The Labute approximate surface area is 156 Å². The van der Waals surface area contributed by atoms with Gasteiger partial charge >= 0.3 is 12.1 Å². The number of esters is 1. The summed E-state index contributed by atoms with van der Waals surface area (Å²) >= 11 is 0. The molecule has 0 aliphatic rings. The second-order valence-corrected chi connectivity index (χ2v) is 5.70. The van der Waals surface area contributed by atoms with Gasteiger partial charge in [0, 0.05) is 0 Å². The summed E-state index contributed by atoms with van der Waals surface area (Å²) in [7, 11) is 0. The number of benzene rings is 3. The van der Waals surface area contributed by atoms with Crippen LogP contribution in [-0.2, 0) is 4.74 Å². The molecule has 0 aliphatic heterocycles. The molecule has 0 bridgehead atoms. The third kappa shape index (κ3) is 4.15. The monoisotopic (exact) mass is 362 g/mol. The lowest BCUT2D eigenvalue weighted by atomic mass is 9.92. The molecule has 1 N–H and O–H groups in total. The van der Waals surface area contributed by atoms with Crippen molar-refractivity contribution < 1.29 is 24.2 Å². The zero-order chi connectivity index (χ0) is 19.2. The maximum Gasteiger partial charge on any atom is 0.511 e. The number of carboxylic acid groups (broad SMARTS) is 1. The van der Waals surface area contributed by atoms with Crippen LogP contribution in [0, 0.1) is 0 Å². The third-order valence-corrected chi connectivity index (χ3v) is 4.01. The molecule has 0 atom stereocenters. The molecule has 3 aromatic carbocycles. The smallest absolute Gasteiger partial charge is 0.462 e. The van der Waals surface area contributed by atoms with Crippen molar-refractivity contribution in [3.05, 3.63) is 78.4 Å². The number of ether oxygens (including phenoxy) is 2. The first-order chi connectivity index (χ1) is 13.1. The Bertz CT molecular complexity index is 960. The standard InChI is InChI=1S/C22H18O5/c1-2-26-21(23)20-10-6-5-9-19(20)18-8-4-3-7-17(18)15-11-13-16(14-12-15)27-22(24)25/h3-14H,2H2,1H3,(H,24,25). The number of hydrogen-bond donors (Lipinski definition) is 1. The maximum atomic E-state index is 12.3. The average molecular weight is 362 g/mol. The molecule has 27 heavy (non-hydrogen) atoms. The highest BCUT2D eigenvalue weighted by atomic mass is 16.7. The van der Waals surface area contributed by atoms with E-state index in [9.17, 15) is 9.59 Å². The van der Waals surface area contributed by atoms with Gasteiger partial charge in [-0.05, 0) is 47.4 Å². The normalized spacial score (nSPS) is 10.3. The van der Waals surface area contributed by atoms with E-state index in [0.717, 1.165) is 22.3 Å². The van der Waals surface area contributed by atoms with Crippen molar-refractivity contribution in [3.8, 4) is 28.0 Å². The summed E-state index contributed by atoms with van der Waals surface area (Å²) in [4.78, 5) is 23.0. The lowest BCUT2D eigenvalue weighted by Crippen LogP contribution is -2.06. The van der Waals surface area contributed by atoms with E-state index in [1.165, 1.54) is 0 Å². The van der Waals surface area contributed by atoms with Crippen molar-refractivity contribution in [3.63, 3.8) is 0 Å².